The Kier molecular flexibility index (Phi) is 4.52. The van der Waals surface area contributed by atoms with Crippen molar-refractivity contribution in [2.45, 2.75) is 0 Å². The molecule has 23 heavy (non-hydrogen) atoms. The molecule has 1 aliphatic rings. The first-order chi connectivity index (χ1) is 11.2. The van der Waals surface area contributed by atoms with Gasteiger partial charge in [-0.15, -0.1) is 0 Å². The van der Waals surface area contributed by atoms with Crippen molar-refractivity contribution in [2.75, 3.05) is 43.1 Å². The van der Waals surface area contributed by atoms with Gasteiger partial charge in [-0.25, -0.2) is 15.0 Å². The van der Waals surface area contributed by atoms with Crippen molar-refractivity contribution in [1.29, 1.82) is 5.26 Å². The van der Waals surface area contributed by atoms with Gasteiger partial charge < -0.3 is 14.5 Å². The molecule has 0 bridgehead atoms. The summed E-state index contributed by atoms with van der Waals surface area (Å²) in [4.78, 5) is 21.3. The summed E-state index contributed by atoms with van der Waals surface area (Å²) >= 11 is 3.35. The van der Waals surface area contributed by atoms with E-state index < -0.39 is 0 Å². The van der Waals surface area contributed by atoms with Crippen LogP contribution in [0, 0.1) is 11.3 Å². The van der Waals surface area contributed by atoms with Gasteiger partial charge in [0.25, 0.3) is 0 Å². The smallest absolute Gasteiger partial charge is 0.232 e. The second-order valence-electron chi connectivity index (χ2n) is 4.87. The van der Waals surface area contributed by atoms with Crippen LogP contribution in [0.5, 0.6) is 5.88 Å². The lowest BCUT2D eigenvalue weighted by atomic mass is 10.3. The van der Waals surface area contributed by atoms with Crippen LogP contribution in [-0.2, 0) is 0 Å². The second kappa shape index (κ2) is 6.75. The van der Waals surface area contributed by atoms with E-state index >= 15 is 0 Å². The first kappa shape index (κ1) is 15.4. The monoisotopic (exact) mass is 375 g/mol. The summed E-state index contributed by atoms with van der Waals surface area (Å²) in [6, 6.07) is 1.97. The van der Waals surface area contributed by atoms with E-state index in [1.807, 2.05) is 6.07 Å². The summed E-state index contributed by atoms with van der Waals surface area (Å²) in [7, 11) is 1.58. The van der Waals surface area contributed by atoms with E-state index in [0.29, 0.717) is 17.5 Å². The molecule has 1 aliphatic heterocycles. The molecular formula is C14H14BrN7O. The maximum atomic E-state index is 8.76. The molecule has 3 rings (SSSR count). The molecule has 0 aromatic carbocycles. The van der Waals surface area contributed by atoms with Gasteiger partial charge in [-0.2, -0.15) is 10.2 Å². The fourth-order valence-corrected chi connectivity index (χ4v) is 2.67. The zero-order valence-corrected chi connectivity index (χ0v) is 14.1. The van der Waals surface area contributed by atoms with Crippen molar-refractivity contribution in [1.82, 2.24) is 19.9 Å². The van der Waals surface area contributed by atoms with Crippen molar-refractivity contribution < 1.29 is 4.74 Å². The van der Waals surface area contributed by atoms with Crippen molar-refractivity contribution >= 4 is 27.7 Å². The van der Waals surface area contributed by atoms with Crippen molar-refractivity contribution in [3.8, 4) is 11.9 Å². The molecule has 0 atom stereocenters. The van der Waals surface area contributed by atoms with Crippen LogP contribution >= 0.6 is 15.9 Å². The van der Waals surface area contributed by atoms with E-state index in [0.717, 1.165) is 36.5 Å². The van der Waals surface area contributed by atoms with Gasteiger partial charge in [0, 0.05) is 26.2 Å². The number of piperazine rings is 1. The fraction of sp³-hybridized carbons (Fsp3) is 0.357. The normalized spacial score (nSPS) is 14.5. The van der Waals surface area contributed by atoms with E-state index in [4.69, 9.17) is 10.00 Å². The number of ether oxygens (including phenoxy) is 1. The predicted octanol–water partition coefficient (Wildman–Crippen LogP) is 1.24. The van der Waals surface area contributed by atoms with Crippen LogP contribution < -0.4 is 14.5 Å². The Balaban J connectivity index is 1.67. The number of rotatable bonds is 3. The molecule has 0 aliphatic carbocycles. The number of nitrogens with zero attached hydrogens (tertiary/aromatic N) is 7. The molecule has 0 spiro atoms. The quantitative estimate of drug-likeness (QED) is 0.790. The minimum Gasteiger partial charge on any atom is -0.480 e. The Morgan fingerprint density at radius 1 is 1.09 bits per heavy atom. The number of hydrogen-bond acceptors (Lipinski definition) is 8. The molecule has 0 unspecified atom stereocenters. The number of halogens is 1. The zero-order chi connectivity index (χ0) is 16.2. The topological polar surface area (TPSA) is 91.1 Å². The Morgan fingerprint density at radius 3 is 2.43 bits per heavy atom. The summed E-state index contributed by atoms with van der Waals surface area (Å²) in [5.74, 6) is 1.95. The average Bonchev–Trinajstić information content (AvgIpc) is 2.62. The number of hydrogen-bond donors (Lipinski definition) is 0. The summed E-state index contributed by atoms with van der Waals surface area (Å²) in [6.45, 7) is 3.10. The molecule has 8 nitrogen and oxygen atoms in total. The Labute approximate surface area is 141 Å². The van der Waals surface area contributed by atoms with Gasteiger partial charge in [-0.3, -0.25) is 0 Å². The minimum absolute atomic E-state index is 0.322. The zero-order valence-electron chi connectivity index (χ0n) is 12.5. The molecule has 2 aromatic heterocycles. The van der Waals surface area contributed by atoms with Gasteiger partial charge in [0.05, 0.1) is 30.2 Å². The number of nitriles is 1. The molecule has 1 saturated heterocycles. The molecule has 0 amide bonds. The predicted molar refractivity (Wildman–Crippen MR) is 87.5 cm³/mol. The van der Waals surface area contributed by atoms with Crippen LogP contribution in [0.25, 0.3) is 0 Å². The van der Waals surface area contributed by atoms with Crippen LogP contribution in [0.4, 0.5) is 11.8 Å². The molecule has 9 heteroatoms. The van der Waals surface area contributed by atoms with Crippen LogP contribution in [0.2, 0.25) is 0 Å². The summed E-state index contributed by atoms with van der Waals surface area (Å²) in [5, 5.41) is 8.76. The third-order valence-corrected chi connectivity index (χ3v) is 4.08. The van der Waals surface area contributed by atoms with Crippen LogP contribution in [0.3, 0.4) is 0 Å². The molecule has 1 fully saturated rings. The van der Waals surface area contributed by atoms with Gasteiger partial charge in [0.1, 0.15) is 11.9 Å². The number of aromatic nitrogens is 4. The van der Waals surface area contributed by atoms with E-state index in [1.54, 1.807) is 19.5 Å². The van der Waals surface area contributed by atoms with E-state index in [1.165, 1.54) is 6.20 Å². The molecular weight excluding hydrogens is 362 g/mol. The standard InChI is InChI=1S/C14H14BrN7O/c1-23-13-11(15)8-19-14(20-13)22-4-2-21(3-5-22)12-9-17-10(6-16)7-18-12/h7-9H,2-5H2,1H3. The summed E-state index contributed by atoms with van der Waals surface area (Å²) < 4.78 is 5.94. The molecule has 0 radical (unpaired) electrons. The van der Waals surface area contributed by atoms with Crippen LogP contribution in [0.15, 0.2) is 23.1 Å². The Hall–Kier alpha value is -2.47. The van der Waals surface area contributed by atoms with E-state index in [-0.39, 0.29) is 0 Å². The van der Waals surface area contributed by atoms with Gasteiger partial charge in [0.15, 0.2) is 5.69 Å². The highest BCUT2D eigenvalue weighted by Crippen LogP contribution is 2.24. The molecule has 0 saturated carbocycles. The highest BCUT2D eigenvalue weighted by molar-refractivity contribution is 9.10. The number of anilines is 2. The minimum atomic E-state index is 0.322. The highest BCUT2D eigenvalue weighted by atomic mass is 79.9. The lowest BCUT2D eigenvalue weighted by Gasteiger charge is -2.35. The number of methoxy groups -OCH3 is 1. The highest BCUT2D eigenvalue weighted by Gasteiger charge is 2.21. The van der Waals surface area contributed by atoms with E-state index in [2.05, 4.69) is 45.7 Å². The lowest BCUT2D eigenvalue weighted by molar-refractivity contribution is 0.393. The Morgan fingerprint density at radius 2 is 1.83 bits per heavy atom. The van der Waals surface area contributed by atoms with Crippen molar-refractivity contribution in [3.63, 3.8) is 0 Å². The third-order valence-electron chi connectivity index (χ3n) is 3.53. The average molecular weight is 376 g/mol. The van der Waals surface area contributed by atoms with Gasteiger partial charge in [0.2, 0.25) is 11.8 Å². The molecule has 3 heterocycles. The van der Waals surface area contributed by atoms with Crippen molar-refractivity contribution in [3.05, 3.63) is 28.8 Å². The first-order valence-electron chi connectivity index (χ1n) is 7.00. The maximum Gasteiger partial charge on any atom is 0.232 e. The summed E-state index contributed by atoms with van der Waals surface area (Å²) in [6.07, 6.45) is 4.82. The van der Waals surface area contributed by atoms with Crippen LogP contribution in [-0.4, -0.2) is 53.2 Å². The summed E-state index contributed by atoms with van der Waals surface area (Å²) in [5.41, 5.74) is 0.322. The SMILES string of the molecule is COc1nc(N2CCN(c3cnc(C#N)cn3)CC2)ncc1Br. The first-order valence-corrected chi connectivity index (χ1v) is 7.79. The molecule has 118 valence electrons. The third kappa shape index (κ3) is 3.32. The van der Waals surface area contributed by atoms with Gasteiger partial charge >= 0.3 is 0 Å². The second-order valence-corrected chi connectivity index (χ2v) is 5.73. The van der Waals surface area contributed by atoms with Crippen LogP contribution in [0.1, 0.15) is 5.69 Å². The molecule has 0 N–H and O–H groups in total. The maximum absolute atomic E-state index is 8.76. The van der Waals surface area contributed by atoms with Crippen molar-refractivity contribution in [2.24, 2.45) is 0 Å². The fourth-order valence-electron chi connectivity index (χ4n) is 2.32. The van der Waals surface area contributed by atoms with Gasteiger partial charge in [-0.05, 0) is 15.9 Å². The van der Waals surface area contributed by atoms with E-state index in [9.17, 15) is 0 Å². The van der Waals surface area contributed by atoms with Gasteiger partial charge in [-0.1, -0.05) is 0 Å². The largest absolute Gasteiger partial charge is 0.480 e. The Bertz CT molecular complexity index is 723. The lowest BCUT2D eigenvalue weighted by Crippen LogP contribution is -2.47. The molecule has 2 aromatic rings.